The Morgan fingerprint density at radius 1 is 1.06 bits per heavy atom. The number of rotatable bonds is 5. The number of para-hydroxylation sites is 1. The Bertz CT molecular complexity index is 1150. The van der Waals surface area contributed by atoms with E-state index in [9.17, 15) is 4.79 Å². The quantitative estimate of drug-likeness (QED) is 0.599. The van der Waals surface area contributed by atoms with Crippen LogP contribution in [0.4, 0.5) is 0 Å². The van der Waals surface area contributed by atoms with E-state index in [4.69, 9.17) is 14.2 Å². The van der Waals surface area contributed by atoms with Crippen LogP contribution in [0.3, 0.4) is 0 Å². The number of amides is 1. The van der Waals surface area contributed by atoms with Crippen molar-refractivity contribution in [2.24, 2.45) is 0 Å². The normalized spacial score (nSPS) is 20.4. The topological polar surface area (TPSA) is 56.8 Å². The molecule has 1 heterocycles. The van der Waals surface area contributed by atoms with Crippen LogP contribution >= 0.6 is 0 Å². The van der Waals surface area contributed by atoms with Crippen molar-refractivity contribution in [3.8, 4) is 5.75 Å². The second-order valence-corrected chi connectivity index (χ2v) is 9.90. The van der Waals surface area contributed by atoms with Crippen molar-refractivity contribution in [2.75, 3.05) is 20.3 Å². The molecule has 0 radical (unpaired) electrons. The molecule has 5 heteroatoms. The Morgan fingerprint density at radius 3 is 2.50 bits per heavy atom. The largest absolute Gasteiger partial charge is 0.496 e. The van der Waals surface area contributed by atoms with Crippen molar-refractivity contribution in [1.29, 1.82) is 0 Å². The minimum Gasteiger partial charge on any atom is -0.496 e. The molecule has 4 rings (SSSR count). The molecule has 1 amide bonds. The molecule has 2 aromatic carbocycles. The van der Waals surface area contributed by atoms with Crippen LogP contribution in [0, 0.1) is 0 Å². The molecule has 2 aliphatic rings. The third-order valence-electron chi connectivity index (χ3n) is 6.26. The van der Waals surface area contributed by atoms with Gasteiger partial charge in [-0.05, 0) is 47.3 Å². The number of nitrogens with one attached hydrogen (secondary N) is 1. The first-order chi connectivity index (χ1) is 16.2. The third kappa shape index (κ3) is 5.10. The number of ether oxygens (including phenoxy) is 3. The van der Waals surface area contributed by atoms with Gasteiger partial charge >= 0.3 is 0 Å². The summed E-state index contributed by atoms with van der Waals surface area (Å²) in [6.07, 6.45) is 5.96. The van der Waals surface area contributed by atoms with Gasteiger partial charge < -0.3 is 19.5 Å². The molecule has 0 saturated carbocycles. The summed E-state index contributed by atoms with van der Waals surface area (Å²) in [5.74, 6) is 1.32. The van der Waals surface area contributed by atoms with E-state index in [0.717, 1.165) is 28.2 Å². The van der Waals surface area contributed by atoms with Gasteiger partial charge in [0.05, 0.1) is 13.7 Å². The monoisotopic (exact) mass is 459 g/mol. The van der Waals surface area contributed by atoms with E-state index in [0.29, 0.717) is 25.4 Å². The fourth-order valence-electron chi connectivity index (χ4n) is 4.35. The fourth-order valence-corrected chi connectivity index (χ4v) is 4.35. The maximum Gasteiger partial charge on any atom is 0.248 e. The summed E-state index contributed by atoms with van der Waals surface area (Å²) in [6.45, 7) is 9.64. The number of fused-ring (bicyclic) bond motifs is 1. The third-order valence-corrected chi connectivity index (χ3v) is 6.26. The molecule has 34 heavy (non-hydrogen) atoms. The Balaban J connectivity index is 1.66. The lowest BCUT2D eigenvalue weighted by Gasteiger charge is -2.38. The van der Waals surface area contributed by atoms with Gasteiger partial charge in [0.1, 0.15) is 23.7 Å². The van der Waals surface area contributed by atoms with E-state index < -0.39 is 5.60 Å². The Morgan fingerprint density at radius 2 is 1.79 bits per heavy atom. The predicted octanol–water partition coefficient (Wildman–Crippen LogP) is 5.52. The molecule has 0 bridgehead atoms. The summed E-state index contributed by atoms with van der Waals surface area (Å²) in [7, 11) is 1.64. The predicted molar refractivity (Wildman–Crippen MR) is 134 cm³/mol. The summed E-state index contributed by atoms with van der Waals surface area (Å²) in [5.41, 5.74) is 4.13. The van der Waals surface area contributed by atoms with Crippen molar-refractivity contribution >= 4 is 11.5 Å². The lowest BCUT2D eigenvalue weighted by Crippen LogP contribution is -2.42. The zero-order chi connectivity index (χ0) is 24.3. The second-order valence-electron chi connectivity index (χ2n) is 9.90. The maximum atomic E-state index is 13.2. The summed E-state index contributed by atoms with van der Waals surface area (Å²) >= 11 is 0. The van der Waals surface area contributed by atoms with Crippen molar-refractivity contribution in [3.05, 3.63) is 94.9 Å². The van der Waals surface area contributed by atoms with Crippen LogP contribution in [0.15, 0.2) is 78.2 Å². The molecule has 0 unspecified atom stereocenters. The van der Waals surface area contributed by atoms with Crippen LogP contribution in [-0.4, -0.2) is 31.8 Å². The van der Waals surface area contributed by atoms with Gasteiger partial charge in [0.15, 0.2) is 0 Å². The highest BCUT2D eigenvalue weighted by Gasteiger charge is 2.37. The minimum absolute atomic E-state index is 0.0467. The summed E-state index contributed by atoms with van der Waals surface area (Å²) < 4.78 is 17.3. The molecule has 1 fully saturated rings. The van der Waals surface area contributed by atoms with Gasteiger partial charge in [-0.15, -0.1) is 0 Å². The summed E-state index contributed by atoms with van der Waals surface area (Å²) in [4.78, 5) is 13.2. The first-order valence-corrected chi connectivity index (χ1v) is 11.6. The fraction of sp³-hybridized carbons (Fsp3) is 0.345. The van der Waals surface area contributed by atoms with Crippen molar-refractivity contribution in [1.82, 2.24) is 5.32 Å². The van der Waals surface area contributed by atoms with Crippen LogP contribution in [0.1, 0.15) is 50.8 Å². The average Bonchev–Trinajstić information content (AvgIpc) is 2.81. The van der Waals surface area contributed by atoms with E-state index in [1.54, 1.807) is 13.2 Å². The molecule has 1 atom stereocenters. The average molecular weight is 460 g/mol. The summed E-state index contributed by atoms with van der Waals surface area (Å²) in [6, 6.07) is 16.1. The number of carbonyl (C=O) groups is 1. The molecular weight excluding hydrogens is 426 g/mol. The number of allylic oxidation sites excluding steroid dienone is 2. The van der Waals surface area contributed by atoms with Crippen molar-refractivity contribution in [3.63, 3.8) is 0 Å². The van der Waals surface area contributed by atoms with E-state index in [-0.39, 0.29) is 11.3 Å². The number of hydrogen-bond donors (Lipinski definition) is 1. The van der Waals surface area contributed by atoms with Gasteiger partial charge in [-0.1, -0.05) is 63.2 Å². The lowest BCUT2D eigenvalue weighted by molar-refractivity contribution is -0.117. The minimum atomic E-state index is -0.548. The first-order valence-electron chi connectivity index (χ1n) is 11.6. The zero-order valence-electron chi connectivity index (χ0n) is 20.6. The SMILES string of the molecule is COc1ccccc1/C(=C\C(=O)NC1=CC=C2OCCO[C@@]2(C)C1)c1ccc(C(C)(C)C)cc1. The van der Waals surface area contributed by atoms with E-state index >= 15 is 0 Å². The molecule has 1 N–H and O–H groups in total. The molecule has 2 aromatic rings. The van der Waals surface area contributed by atoms with E-state index in [1.165, 1.54) is 5.56 Å². The molecular formula is C29H33NO4. The van der Waals surface area contributed by atoms with Gasteiger partial charge in [0, 0.05) is 23.8 Å². The maximum absolute atomic E-state index is 13.2. The van der Waals surface area contributed by atoms with E-state index in [1.807, 2.05) is 43.3 Å². The summed E-state index contributed by atoms with van der Waals surface area (Å²) in [5, 5.41) is 3.05. The Kier molecular flexibility index (Phi) is 6.67. The highest BCUT2D eigenvalue weighted by Crippen LogP contribution is 2.36. The van der Waals surface area contributed by atoms with Crippen LogP contribution in [0.5, 0.6) is 5.75 Å². The molecule has 5 nitrogen and oxygen atoms in total. The van der Waals surface area contributed by atoms with Crippen molar-refractivity contribution in [2.45, 2.75) is 45.1 Å². The van der Waals surface area contributed by atoms with Gasteiger partial charge in [0.25, 0.3) is 0 Å². The van der Waals surface area contributed by atoms with Gasteiger partial charge in [-0.3, -0.25) is 4.79 Å². The van der Waals surface area contributed by atoms with Crippen LogP contribution in [0.25, 0.3) is 5.57 Å². The van der Waals surface area contributed by atoms with E-state index in [2.05, 4.69) is 50.4 Å². The van der Waals surface area contributed by atoms with Gasteiger partial charge in [0.2, 0.25) is 5.91 Å². The molecule has 178 valence electrons. The number of hydrogen-bond acceptors (Lipinski definition) is 4. The highest BCUT2D eigenvalue weighted by molar-refractivity contribution is 6.00. The molecule has 1 saturated heterocycles. The first kappa shape index (κ1) is 23.8. The lowest BCUT2D eigenvalue weighted by atomic mass is 9.85. The zero-order valence-corrected chi connectivity index (χ0v) is 20.6. The second kappa shape index (κ2) is 9.51. The number of methoxy groups -OCH3 is 1. The Labute approximate surface area is 202 Å². The van der Waals surface area contributed by atoms with Crippen LogP contribution in [-0.2, 0) is 19.7 Å². The standard InChI is InChI=1S/C29H33NO4/c1-28(2,3)21-12-10-20(11-13-21)24(23-8-6-7-9-25(23)32-5)18-27(31)30-22-14-15-26-29(4,19-22)34-17-16-33-26/h6-15,18H,16-17,19H2,1-5H3,(H,30,31)/b24-18-/t29-/m0/s1. The molecule has 0 aromatic heterocycles. The van der Waals surface area contributed by atoms with Crippen LogP contribution < -0.4 is 10.1 Å². The number of carbonyl (C=O) groups excluding carboxylic acids is 1. The molecule has 1 aliphatic heterocycles. The molecule has 1 aliphatic carbocycles. The van der Waals surface area contributed by atoms with Crippen LogP contribution in [0.2, 0.25) is 0 Å². The molecule has 0 spiro atoms. The van der Waals surface area contributed by atoms with Gasteiger partial charge in [-0.2, -0.15) is 0 Å². The highest BCUT2D eigenvalue weighted by atomic mass is 16.6. The Hall–Kier alpha value is -3.31. The van der Waals surface area contributed by atoms with Gasteiger partial charge in [-0.25, -0.2) is 0 Å². The number of benzene rings is 2. The smallest absolute Gasteiger partial charge is 0.248 e. The van der Waals surface area contributed by atoms with Crippen molar-refractivity contribution < 1.29 is 19.0 Å².